The quantitative estimate of drug-likeness (QED) is 0.699. The summed E-state index contributed by atoms with van der Waals surface area (Å²) in [4.78, 5) is 0. The van der Waals surface area contributed by atoms with Gasteiger partial charge in [-0.1, -0.05) is 24.3 Å². The van der Waals surface area contributed by atoms with Crippen LogP contribution in [-0.4, -0.2) is 19.8 Å². The lowest BCUT2D eigenvalue weighted by molar-refractivity contribution is -0.00426. The fourth-order valence-electron chi connectivity index (χ4n) is 2.97. The first kappa shape index (κ1) is 9.37. The topological polar surface area (TPSA) is 18.5 Å². The average molecular weight is 204 g/mol. The fraction of sp³-hybridized carbons (Fsp3) is 0.538. The molecule has 1 aliphatic carbocycles. The van der Waals surface area contributed by atoms with E-state index in [-0.39, 0.29) is 6.10 Å². The van der Waals surface area contributed by atoms with Crippen molar-refractivity contribution in [2.45, 2.75) is 25.0 Å². The molecule has 15 heavy (non-hydrogen) atoms. The molecule has 2 nitrogen and oxygen atoms in total. The maximum Gasteiger partial charge on any atom is 0.0877 e. The van der Waals surface area contributed by atoms with Crippen LogP contribution in [0.25, 0.3) is 0 Å². The summed E-state index contributed by atoms with van der Waals surface area (Å²) in [6, 6.07) is 8.58. The molecule has 1 aliphatic heterocycles. The van der Waals surface area contributed by atoms with Crippen molar-refractivity contribution >= 4 is 0 Å². The van der Waals surface area contributed by atoms with Crippen molar-refractivity contribution in [3.63, 3.8) is 0 Å². The van der Waals surface area contributed by atoms with Crippen molar-refractivity contribution < 1.29 is 9.47 Å². The molecule has 0 spiro atoms. The van der Waals surface area contributed by atoms with Crippen molar-refractivity contribution in [1.82, 2.24) is 0 Å². The van der Waals surface area contributed by atoms with E-state index >= 15 is 0 Å². The largest absolute Gasteiger partial charge is 0.377 e. The number of rotatable bonds is 1. The average Bonchev–Trinajstić information content (AvgIpc) is 2.73. The predicted molar refractivity (Wildman–Crippen MR) is 57.7 cm³/mol. The molecule has 0 bridgehead atoms. The zero-order valence-corrected chi connectivity index (χ0v) is 8.98. The molecule has 1 saturated heterocycles. The Labute approximate surface area is 90.2 Å². The number of hydrogen-bond donors (Lipinski definition) is 0. The molecule has 1 fully saturated rings. The molecule has 1 aromatic rings. The van der Waals surface area contributed by atoms with E-state index in [0.29, 0.717) is 12.0 Å². The highest BCUT2D eigenvalue weighted by Gasteiger charge is 2.40. The first-order valence-electron chi connectivity index (χ1n) is 5.62. The molecular formula is C13H16O2. The van der Waals surface area contributed by atoms with Gasteiger partial charge in [-0.3, -0.25) is 0 Å². The van der Waals surface area contributed by atoms with Crippen LogP contribution < -0.4 is 0 Å². The van der Waals surface area contributed by atoms with Gasteiger partial charge in [0.1, 0.15) is 0 Å². The molecule has 0 aromatic heterocycles. The summed E-state index contributed by atoms with van der Waals surface area (Å²) in [5.74, 6) is 0.560. The van der Waals surface area contributed by atoms with Gasteiger partial charge in [-0.25, -0.2) is 0 Å². The lowest BCUT2D eigenvalue weighted by atomic mass is 9.79. The zero-order chi connectivity index (χ0) is 10.3. The molecule has 3 rings (SSSR count). The summed E-state index contributed by atoms with van der Waals surface area (Å²) < 4.78 is 11.4. The molecule has 0 amide bonds. The minimum atomic E-state index is 0.238. The van der Waals surface area contributed by atoms with Crippen molar-refractivity contribution in [2.75, 3.05) is 13.7 Å². The highest BCUT2D eigenvalue weighted by Crippen LogP contribution is 2.42. The van der Waals surface area contributed by atoms with Gasteiger partial charge in [0, 0.05) is 19.6 Å². The Bertz CT molecular complexity index is 361. The molecule has 1 unspecified atom stereocenters. The number of ether oxygens (including phenoxy) is 2. The van der Waals surface area contributed by atoms with Crippen molar-refractivity contribution in [3.8, 4) is 0 Å². The monoisotopic (exact) mass is 204 g/mol. The SMILES string of the molecule is COC1c2ccccc2C[C@@H]2OCC[C@H]12. The number of methoxy groups -OCH3 is 1. The van der Waals surface area contributed by atoms with E-state index in [4.69, 9.17) is 9.47 Å². The maximum absolute atomic E-state index is 5.77. The molecule has 0 radical (unpaired) electrons. The summed E-state index contributed by atoms with van der Waals surface area (Å²) in [5.41, 5.74) is 2.76. The van der Waals surface area contributed by atoms with Gasteiger partial charge in [-0.15, -0.1) is 0 Å². The summed E-state index contributed by atoms with van der Waals surface area (Å²) in [5, 5.41) is 0. The zero-order valence-electron chi connectivity index (χ0n) is 8.98. The van der Waals surface area contributed by atoms with E-state index in [1.165, 1.54) is 11.1 Å². The van der Waals surface area contributed by atoms with Gasteiger partial charge in [-0.05, 0) is 24.0 Å². The minimum absolute atomic E-state index is 0.238. The predicted octanol–water partition coefficient (Wildman–Crippen LogP) is 2.34. The van der Waals surface area contributed by atoms with Crippen LogP contribution in [0.5, 0.6) is 0 Å². The van der Waals surface area contributed by atoms with Gasteiger partial charge in [0.2, 0.25) is 0 Å². The third-order valence-electron chi connectivity index (χ3n) is 3.69. The van der Waals surface area contributed by atoms with Gasteiger partial charge in [-0.2, -0.15) is 0 Å². The third kappa shape index (κ3) is 1.40. The second-order valence-corrected chi connectivity index (χ2v) is 4.42. The number of hydrogen-bond acceptors (Lipinski definition) is 2. The van der Waals surface area contributed by atoms with Crippen LogP contribution in [-0.2, 0) is 15.9 Å². The van der Waals surface area contributed by atoms with E-state index in [2.05, 4.69) is 24.3 Å². The van der Waals surface area contributed by atoms with Gasteiger partial charge < -0.3 is 9.47 Å². The second kappa shape index (κ2) is 3.62. The minimum Gasteiger partial charge on any atom is -0.377 e. The summed E-state index contributed by atoms with van der Waals surface area (Å²) in [6.45, 7) is 0.892. The Balaban J connectivity index is 2.03. The Kier molecular flexibility index (Phi) is 2.26. The lowest BCUT2D eigenvalue weighted by Crippen LogP contribution is -2.31. The Morgan fingerprint density at radius 3 is 3.07 bits per heavy atom. The summed E-state index contributed by atoms with van der Waals surface area (Å²) >= 11 is 0. The van der Waals surface area contributed by atoms with E-state index in [9.17, 15) is 0 Å². The highest BCUT2D eigenvalue weighted by atomic mass is 16.5. The van der Waals surface area contributed by atoms with Crippen molar-refractivity contribution in [1.29, 1.82) is 0 Å². The van der Waals surface area contributed by atoms with Gasteiger partial charge in [0.05, 0.1) is 12.2 Å². The molecule has 1 aromatic carbocycles. The normalized spacial score (nSPS) is 33.5. The van der Waals surface area contributed by atoms with Gasteiger partial charge >= 0.3 is 0 Å². The van der Waals surface area contributed by atoms with E-state index in [1.807, 2.05) is 7.11 Å². The van der Waals surface area contributed by atoms with Gasteiger partial charge in [0.15, 0.2) is 0 Å². The molecule has 0 N–H and O–H groups in total. The first-order chi connectivity index (χ1) is 7.40. The van der Waals surface area contributed by atoms with Crippen LogP contribution in [0.15, 0.2) is 24.3 Å². The molecule has 3 atom stereocenters. The van der Waals surface area contributed by atoms with E-state index < -0.39 is 0 Å². The van der Waals surface area contributed by atoms with Crippen LogP contribution in [0, 0.1) is 5.92 Å². The van der Waals surface area contributed by atoms with E-state index in [0.717, 1.165) is 19.4 Å². The second-order valence-electron chi connectivity index (χ2n) is 4.42. The Morgan fingerprint density at radius 1 is 1.33 bits per heavy atom. The molecule has 1 heterocycles. The number of benzene rings is 1. The standard InChI is InChI=1S/C13H16O2/c1-14-13-10-5-3-2-4-9(10)8-12-11(13)6-7-15-12/h2-5,11-13H,6-8H2,1H3/t11-,12-,13?/m0/s1. The van der Waals surface area contributed by atoms with Crippen LogP contribution in [0.2, 0.25) is 0 Å². The Morgan fingerprint density at radius 2 is 2.20 bits per heavy atom. The van der Waals surface area contributed by atoms with Crippen molar-refractivity contribution in [3.05, 3.63) is 35.4 Å². The van der Waals surface area contributed by atoms with Crippen LogP contribution in [0.1, 0.15) is 23.7 Å². The summed E-state index contributed by atoms with van der Waals surface area (Å²) in [6.07, 6.45) is 2.81. The van der Waals surface area contributed by atoms with Crippen LogP contribution in [0.4, 0.5) is 0 Å². The Hall–Kier alpha value is -0.860. The fourth-order valence-corrected chi connectivity index (χ4v) is 2.97. The lowest BCUT2D eigenvalue weighted by Gasteiger charge is -2.33. The molecule has 0 saturated carbocycles. The summed E-state index contributed by atoms with van der Waals surface area (Å²) in [7, 11) is 1.81. The van der Waals surface area contributed by atoms with Crippen molar-refractivity contribution in [2.24, 2.45) is 5.92 Å². The van der Waals surface area contributed by atoms with Crippen LogP contribution in [0.3, 0.4) is 0 Å². The first-order valence-corrected chi connectivity index (χ1v) is 5.62. The van der Waals surface area contributed by atoms with Crippen LogP contribution >= 0.6 is 0 Å². The van der Waals surface area contributed by atoms with Gasteiger partial charge in [0.25, 0.3) is 0 Å². The number of fused-ring (bicyclic) bond motifs is 2. The molecule has 2 heteroatoms. The molecule has 2 aliphatic rings. The smallest absolute Gasteiger partial charge is 0.0877 e. The molecule has 80 valence electrons. The highest BCUT2D eigenvalue weighted by molar-refractivity contribution is 5.33. The molecular weight excluding hydrogens is 188 g/mol. The third-order valence-corrected chi connectivity index (χ3v) is 3.69. The van der Waals surface area contributed by atoms with E-state index in [1.54, 1.807) is 0 Å². The maximum atomic E-state index is 5.77.